The third-order valence-electron chi connectivity index (χ3n) is 2.86. The summed E-state index contributed by atoms with van der Waals surface area (Å²) in [5.41, 5.74) is 7.09. The molecule has 0 bridgehead atoms. The van der Waals surface area contributed by atoms with E-state index in [-0.39, 0.29) is 41.8 Å². The Bertz CT molecular complexity index is 579. The summed E-state index contributed by atoms with van der Waals surface area (Å²) in [6.07, 6.45) is 3.23. The van der Waals surface area contributed by atoms with Crippen LogP contribution in [-0.2, 0) is 13.0 Å². The largest absolute Gasteiger partial charge is 0.412 e. The number of hydrogen-bond acceptors (Lipinski definition) is 4. The Balaban J connectivity index is 0. The zero-order valence-electron chi connectivity index (χ0n) is 12.0. The fourth-order valence-corrected chi connectivity index (χ4v) is 1.85. The second-order valence-electron chi connectivity index (χ2n) is 4.38. The fourth-order valence-electron chi connectivity index (χ4n) is 1.85. The maximum atomic E-state index is 11.5. The fraction of sp³-hybridized carbons (Fsp3) is 0.286. The average molecular weight is 349 g/mol. The van der Waals surface area contributed by atoms with Gasteiger partial charge in [0.15, 0.2) is 0 Å². The predicted octanol–water partition coefficient (Wildman–Crippen LogP) is 1.09. The van der Waals surface area contributed by atoms with Gasteiger partial charge in [-0.2, -0.15) is 4.98 Å². The number of nitrogen functional groups attached to an aromatic ring is 1. The van der Waals surface area contributed by atoms with Crippen LogP contribution in [0.2, 0.25) is 0 Å². The van der Waals surface area contributed by atoms with Crippen LogP contribution in [0, 0.1) is 0 Å². The van der Waals surface area contributed by atoms with E-state index in [1.807, 2.05) is 18.2 Å². The minimum absolute atomic E-state index is 0. The van der Waals surface area contributed by atoms with Crippen LogP contribution in [0.15, 0.2) is 41.3 Å². The monoisotopic (exact) mass is 348 g/mol. The van der Waals surface area contributed by atoms with Crippen LogP contribution in [0.3, 0.4) is 0 Å². The van der Waals surface area contributed by atoms with Gasteiger partial charge in [0, 0.05) is 18.3 Å². The summed E-state index contributed by atoms with van der Waals surface area (Å²) in [7, 11) is 0. The van der Waals surface area contributed by atoms with Gasteiger partial charge in [0.1, 0.15) is 0 Å². The van der Waals surface area contributed by atoms with Gasteiger partial charge in [-0.15, -0.1) is 24.8 Å². The van der Waals surface area contributed by atoms with Gasteiger partial charge >= 0.3 is 0 Å². The Morgan fingerprint density at radius 3 is 2.50 bits per heavy atom. The number of aromatic nitrogens is 2. The van der Waals surface area contributed by atoms with Gasteiger partial charge in [0.25, 0.3) is 5.56 Å². The highest BCUT2D eigenvalue weighted by Crippen LogP contribution is 1.98. The van der Waals surface area contributed by atoms with Crippen molar-refractivity contribution in [2.75, 3.05) is 12.3 Å². The molecular weight excluding hydrogens is 327 g/mol. The maximum Gasteiger partial charge on any atom is 0.277 e. The Hall–Kier alpha value is -1.60. The highest BCUT2D eigenvalue weighted by atomic mass is 35.5. The average Bonchev–Trinajstić information content (AvgIpc) is 2.42. The van der Waals surface area contributed by atoms with E-state index in [1.54, 1.807) is 6.20 Å². The zero-order valence-corrected chi connectivity index (χ0v) is 13.7. The van der Waals surface area contributed by atoms with E-state index < -0.39 is 0 Å². The number of nitrogens with zero attached hydrogens (tertiary/aromatic N) is 1. The molecule has 1 aromatic carbocycles. The first-order valence-corrected chi connectivity index (χ1v) is 6.34. The smallest absolute Gasteiger partial charge is 0.277 e. The molecule has 1 heterocycles. The molecule has 1 aromatic heterocycles. The number of nitrogens with two attached hydrogens (primary N) is 1. The van der Waals surface area contributed by atoms with E-state index in [4.69, 9.17) is 5.73 Å². The second-order valence-corrected chi connectivity index (χ2v) is 4.38. The standard InChI is InChI=1S/C14H18N4O.2ClH.H2O/c15-14-17-10-12(13(19)18-14)7-4-8-16-9-11-5-2-1-3-6-11;;;/h1-3,5-6,10,16H,4,7-9H2,(H3,15,17,18,19);2*1H;1H2. The first kappa shape index (κ1) is 22.7. The number of anilines is 1. The third-order valence-corrected chi connectivity index (χ3v) is 2.86. The van der Waals surface area contributed by atoms with Crippen molar-refractivity contribution in [2.45, 2.75) is 19.4 Å². The van der Waals surface area contributed by atoms with Crippen molar-refractivity contribution in [3.8, 4) is 0 Å². The Morgan fingerprint density at radius 2 is 1.86 bits per heavy atom. The lowest BCUT2D eigenvalue weighted by atomic mass is 10.2. The molecule has 0 atom stereocenters. The number of H-pyrrole nitrogens is 1. The molecule has 6 N–H and O–H groups in total. The van der Waals surface area contributed by atoms with E-state index in [9.17, 15) is 4.79 Å². The number of aryl methyl sites for hydroxylation is 1. The molecule has 2 rings (SSSR count). The second kappa shape index (κ2) is 12.0. The predicted molar refractivity (Wildman–Crippen MR) is 93.8 cm³/mol. The quantitative estimate of drug-likeness (QED) is 0.677. The number of halogens is 2. The Kier molecular flexibility index (Phi) is 12.4. The minimum atomic E-state index is -0.237. The van der Waals surface area contributed by atoms with Gasteiger partial charge in [-0.25, -0.2) is 0 Å². The number of nitrogens with one attached hydrogen (secondary N) is 2. The van der Waals surface area contributed by atoms with Gasteiger partial charge in [0.2, 0.25) is 5.95 Å². The molecule has 6 nitrogen and oxygen atoms in total. The van der Waals surface area contributed by atoms with E-state index in [1.165, 1.54) is 5.56 Å². The van der Waals surface area contributed by atoms with Crippen molar-refractivity contribution in [3.63, 3.8) is 0 Å². The summed E-state index contributed by atoms with van der Waals surface area (Å²) in [5, 5.41) is 3.35. The molecule has 0 aliphatic rings. The molecule has 22 heavy (non-hydrogen) atoms. The maximum absolute atomic E-state index is 11.5. The van der Waals surface area contributed by atoms with Gasteiger partial charge in [-0.05, 0) is 24.9 Å². The number of rotatable bonds is 6. The van der Waals surface area contributed by atoms with Gasteiger partial charge < -0.3 is 21.5 Å². The molecule has 0 amide bonds. The summed E-state index contributed by atoms with van der Waals surface area (Å²) in [5.74, 6) is 0.163. The van der Waals surface area contributed by atoms with Gasteiger partial charge in [-0.3, -0.25) is 4.79 Å². The van der Waals surface area contributed by atoms with Gasteiger partial charge in [0.05, 0.1) is 0 Å². The van der Waals surface area contributed by atoms with Crippen LogP contribution < -0.4 is 16.6 Å². The molecule has 0 saturated heterocycles. The van der Waals surface area contributed by atoms with Crippen LogP contribution in [0.5, 0.6) is 0 Å². The summed E-state index contributed by atoms with van der Waals surface area (Å²) in [4.78, 5) is 17.9. The summed E-state index contributed by atoms with van der Waals surface area (Å²) in [6, 6.07) is 10.2. The first-order chi connectivity index (χ1) is 9.25. The first-order valence-electron chi connectivity index (χ1n) is 6.34. The van der Waals surface area contributed by atoms with Crippen molar-refractivity contribution in [2.24, 2.45) is 0 Å². The highest BCUT2D eigenvalue weighted by Gasteiger charge is 2.01. The molecule has 0 saturated carbocycles. The zero-order chi connectivity index (χ0) is 13.5. The van der Waals surface area contributed by atoms with Crippen LogP contribution >= 0.6 is 24.8 Å². The van der Waals surface area contributed by atoms with Crippen molar-refractivity contribution >= 4 is 30.8 Å². The van der Waals surface area contributed by atoms with Crippen molar-refractivity contribution in [3.05, 3.63) is 58.0 Å². The number of benzene rings is 1. The van der Waals surface area contributed by atoms with E-state index in [0.29, 0.717) is 12.0 Å². The SMILES string of the molecule is Cl.Cl.Nc1nc(=O)c(CCCNCc2ccccc2)c[nH]1.O. The molecular formula is C14H22Cl2N4O2. The van der Waals surface area contributed by atoms with Crippen LogP contribution in [-0.4, -0.2) is 22.0 Å². The number of aromatic amines is 1. The molecule has 0 unspecified atom stereocenters. The van der Waals surface area contributed by atoms with Crippen LogP contribution in [0.1, 0.15) is 17.5 Å². The lowest BCUT2D eigenvalue weighted by Gasteiger charge is -2.04. The van der Waals surface area contributed by atoms with Gasteiger partial charge in [-0.1, -0.05) is 30.3 Å². The summed E-state index contributed by atoms with van der Waals surface area (Å²) in [6.45, 7) is 1.70. The topological polar surface area (TPSA) is 115 Å². The molecule has 0 spiro atoms. The summed E-state index contributed by atoms with van der Waals surface area (Å²) < 4.78 is 0. The molecule has 0 aliphatic carbocycles. The normalized spacial score (nSPS) is 9.09. The molecule has 0 radical (unpaired) electrons. The molecule has 8 heteroatoms. The summed E-state index contributed by atoms with van der Waals surface area (Å²) >= 11 is 0. The van der Waals surface area contributed by atoms with Crippen molar-refractivity contribution in [1.29, 1.82) is 0 Å². The molecule has 0 fully saturated rings. The highest BCUT2D eigenvalue weighted by molar-refractivity contribution is 5.85. The Labute approximate surface area is 141 Å². The van der Waals surface area contributed by atoms with E-state index in [0.717, 1.165) is 19.5 Å². The van der Waals surface area contributed by atoms with Crippen molar-refractivity contribution in [1.82, 2.24) is 15.3 Å². The molecule has 124 valence electrons. The van der Waals surface area contributed by atoms with Crippen molar-refractivity contribution < 1.29 is 5.48 Å². The van der Waals surface area contributed by atoms with E-state index in [2.05, 4.69) is 27.4 Å². The third kappa shape index (κ3) is 7.42. The lowest BCUT2D eigenvalue weighted by Crippen LogP contribution is -2.19. The van der Waals surface area contributed by atoms with Crippen LogP contribution in [0.4, 0.5) is 5.95 Å². The molecule has 2 aromatic rings. The minimum Gasteiger partial charge on any atom is -0.412 e. The van der Waals surface area contributed by atoms with Crippen LogP contribution in [0.25, 0.3) is 0 Å². The number of hydrogen-bond donors (Lipinski definition) is 3. The Morgan fingerprint density at radius 1 is 1.18 bits per heavy atom. The van der Waals surface area contributed by atoms with E-state index >= 15 is 0 Å². The molecule has 0 aliphatic heterocycles. The lowest BCUT2D eigenvalue weighted by molar-refractivity contribution is 0.647.